The van der Waals surface area contributed by atoms with E-state index in [1.165, 1.54) is 32.4 Å². The third kappa shape index (κ3) is 5.47. The largest absolute Gasteiger partial charge is 0.497 e. The number of halogens is 1. The van der Waals surface area contributed by atoms with Crippen LogP contribution in [0.5, 0.6) is 11.5 Å². The van der Waals surface area contributed by atoms with Crippen molar-refractivity contribution < 1.29 is 28.2 Å². The minimum absolute atomic E-state index is 0.172. The molecular formula is C19H20FNO5. The van der Waals surface area contributed by atoms with Crippen molar-refractivity contribution >= 4 is 11.9 Å². The Morgan fingerprint density at radius 1 is 1.04 bits per heavy atom. The van der Waals surface area contributed by atoms with Crippen molar-refractivity contribution in [3.8, 4) is 11.5 Å². The van der Waals surface area contributed by atoms with Gasteiger partial charge in [0, 0.05) is 6.54 Å². The van der Waals surface area contributed by atoms with E-state index in [1.807, 2.05) is 0 Å². The van der Waals surface area contributed by atoms with Crippen molar-refractivity contribution in [2.24, 2.45) is 0 Å². The fraction of sp³-hybridized carbons (Fsp3) is 0.263. The summed E-state index contributed by atoms with van der Waals surface area (Å²) in [5.41, 5.74) is 1.07. The van der Waals surface area contributed by atoms with Gasteiger partial charge in [0.05, 0.1) is 14.2 Å². The highest BCUT2D eigenvalue weighted by Gasteiger charge is 2.16. The molecule has 0 aromatic heterocycles. The molecule has 26 heavy (non-hydrogen) atoms. The molecule has 7 heteroatoms. The van der Waals surface area contributed by atoms with Gasteiger partial charge in [-0.1, -0.05) is 12.1 Å². The van der Waals surface area contributed by atoms with Crippen LogP contribution in [0.2, 0.25) is 0 Å². The molecule has 0 spiro atoms. The first kappa shape index (κ1) is 19.2. The fourth-order valence-electron chi connectivity index (χ4n) is 2.23. The van der Waals surface area contributed by atoms with Gasteiger partial charge in [-0.3, -0.25) is 4.79 Å². The van der Waals surface area contributed by atoms with E-state index in [4.69, 9.17) is 14.2 Å². The average molecular weight is 361 g/mol. The SMILES string of the molecule is COc1ccc(OC)c(C(=O)OCC(=O)NCCc2ccc(F)cc2)c1. The summed E-state index contributed by atoms with van der Waals surface area (Å²) < 4.78 is 28.0. The second kappa shape index (κ2) is 9.41. The second-order valence-electron chi connectivity index (χ2n) is 5.37. The van der Waals surface area contributed by atoms with Gasteiger partial charge in [-0.05, 0) is 42.3 Å². The number of methoxy groups -OCH3 is 2. The number of rotatable bonds is 8. The van der Waals surface area contributed by atoms with E-state index in [2.05, 4.69) is 5.32 Å². The lowest BCUT2D eigenvalue weighted by Gasteiger charge is -2.10. The van der Waals surface area contributed by atoms with Crippen LogP contribution in [-0.2, 0) is 16.0 Å². The zero-order valence-electron chi connectivity index (χ0n) is 14.6. The van der Waals surface area contributed by atoms with E-state index in [-0.39, 0.29) is 11.4 Å². The topological polar surface area (TPSA) is 73.9 Å². The van der Waals surface area contributed by atoms with Gasteiger partial charge >= 0.3 is 5.97 Å². The Morgan fingerprint density at radius 2 is 1.77 bits per heavy atom. The number of esters is 1. The van der Waals surface area contributed by atoms with Crippen LogP contribution in [0.25, 0.3) is 0 Å². The number of carbonyl (C=O) groups is 2. The molecule has 0 atom stereocenters. The first-order valence-electron chi connectivity index (χ1n) is 7.93. The van der Waals surface area contributed by atoms with Crippen molar-refractivity contribution in [2.75, 3.05) is 27.4 Å². The summed E-state index contributed by atoms with van der Waals surface area (Å²) in [4.78, 5) is 23.9. The van der Waals surface area contributed by atoms with E-state index < -0.39 is 18.5 Å². The molecule has 0 saturated heterocycles. The van der Waals surface area contributed by atoms with Gasteiger partial charge < -0.3 is 19.5 Å². The Bertz CT molecular complexity index is 761. The third-order valence-corrected chi connectivity index (χ3v) is 3.61. The summed E-state index contributed by atoms with van der Waals surface area (Å²) in [6, 6.07) is 10.7. The van der Waals surface area contributed by atoms with E-state index in [1.54, 1.807) is 24.3 Å². The van der Waals surface area contributed by atoms with Crippen LogP contribution in [0.1, 0.15) is 15.9 Å². The van der Waals surface area contributed by atoms with Gasteiger partial charge in [0.2, 0.25) is 0 Å². The van der Waals surface area contributed by atoms with Crippen molar-refractivity contribution in [2.45, 2.75) is 6.42 Å². The molecule has 2 aromatic rings. The number of carbonyl (C=O) groups excluding carboxylic acids is 2. The standard InChI is InChI=1S/C19H20FNO5/c1-24-15-7-8-17(25-2)16(11-15)19(23)26-12-18(22)21-10-9-13-3-5-14(20)6-4-13/h3-8,11H,9-10,12H2,1-2H3,(H,21,22). The Labute approximate surface area is 150 Å². The quantitative estimate of drug-likeness (QED) is 0.731. The Hall–Kier alpha value is -3.09. The summed E-state index contributed by atoms with van der Waals surface area (Å²) in [5, 5.41) is 2.64. The second-order valence-corrected chi connectivity index (χ2v) is 5.37. The molecule has 1 N–H and O–H groups in total. The molecule has 6 nitrogen and oxygen atoms in total. The molecular weight excluding hydrogens is 341 g/mol. The molecule has 0 saturated carbocycles. The molecule has 0 unspecified atom stereocenters. The van der Waals surface area contributed by atoms with Crippen LogP contribution in [-0.4, -0.2) is 39.2 Å². The lowest BCUT2D eigenvalue weighted by molar-refractivity contribution is -0.124. The summed E-state index contributed by atoms with van der Waals surface area (Å²) in [6.45, 7) is -0.0624. The summed E-state index contributed by atoms with van der Waals surface area (Å²) >= 11 is 0. The smallest absolute Gasteiger partial charge is 0.342 e. The van der Waals surface area contributed by atoms with E-state index in [9.17, 15) is 14.0 Å². The Morgan fingerprint density at radius 3 is 2.42 bits per heavy atom. The Balaban J connectivity index is 1.81. The maximum absolute atomic E-state index is 12.8. The molecule has 0 aliphatic rings. The van der Waals surface area contributed by atoms with Crippen LogP contribution in [0.15, 0.2) is 42.5 Å². The van der Waals surface area contributed by atoms with Crippen LogP contribution < -0.4 is 14.8 Å². The molecule has 0 bridgehead atoms. The minimum atomic E-state index is -0.686. The molecule has 2 aromatic carbocycles. The number of hydrogen-bond acceptors (Lipinski definition) is 5. The van der Waals surface area contributed by atoms with Gasteiger partial charge in [0.25, 0.3) is 5.91 Å². The maximum atomic E-state index is 12.8. The molecule has 0 aliphatic heterocycles. The maximum Gasteiger partial charge on any atom is 0.342 e. The highest BCUT2D eigenvalue weighted by molar-refractivity contribution is 5.94. The van der Waals surface area contributed by atoms with Crippen LogP contribution in [0.3, 0.4) is 0 Å². The first-order valence-corrected chi connectivity index (χ1v) is 7.93. The zero-order valence-corrected chi connectivity index (χ0v) is 14.6. The summed E-state index contributed by atoms with van der Waals surface area (Å²) in [7, 11) is 2.91. The predicted octanol–water partition coefficient (Wildman–Crippen LogP) is 2.36. The first-order chi connectivity index (χ1) is 12.5. The highest BCUT2D eigenvalue weighted by atomic mass is 19.1. The zero-order chi connectivity index (χ0) is 18.9. The summed E-state index contributed by atoms with van der Waals surface area (Å²) in [5.74, 6) is -0.622. The van der Waals surface area contributed by atoms with Crippen molar-refractivity contribution in [1.29, 1.82) is 0 Å². The molecule has 1 amide bonds. The van der Waals surface area contributed by atoms with Crippen molar-refractivity contribution in [3.05, 3.63) is 59.4 Å². The monoisotopic (exact) mass is 361 g/mol. The van der Waals surface area contributed by atoms with Gasteiger partial charge in [0.1, 0.15) is 22.9 Å². The van der Waals surface area contributed by atoms with E-state index in [0.29, 0.717) is 24.5 Å². The third-order valence-electron chi connectivity index (χ3n) is 3.61. The van der Waals surface area contributed by atoms with Crippen LogP contribution in [0.4, 0.5) is 4.39 Å². The fourth-order valence-corrected chi connectivity index (χ4v) is 2.23. The minimum Gasteiger partial charge on any atom is -0.497 e. The van der Waals surface area contributed by atoms with Crippen molar-refractivity contribution in [1.82, 2.24) is 5.32 Å². The van der Waals surface area contributed by atoms with Crippen molar-refractivity contribution in [3.63, 3.8) is 0 Å². The molecule has 0 aliphatic carbocycles. The molecule has 2 rings (SSSR count). The molecule has 0 fully saturated rings. The number of benzene rings is 2. The molecule has 0 radical (unpaired) electrons. The van der Waals surface area contributed by atoms with Gasteiger partial charge in [-0.25, -0.2) is 9.18 Å². The summed E-state index contributed by atoms with van der Waals surface area (Å²) in [6.07, 6.45) is 0.545. The van der Waals surface area contributed by atoms with Gasteiger partial charge in [-0.2, -0.15) is 0 Å². The van der Waals surface area contributed by atoms with Crippen LogP contribution >= 0.6 is 0 Å². The number of hydrogen-bond donors (Lipinski definition) is 1. The van der Waals surface area contributed by atoms with Gasteiger partial charge in [-0.15, -0.1) is 0 Å². The van der Waals surface area contributed by atoms with E-state index in [0.717, 1.165) is 5.56 Å². The molecule has 0 heterocycles. The number of amides is 1. The normalized spacial score (nSPS) is 10.1. The van der Waals surface area contributed by atoms with Crippen LogP contribution in [0, 0.1) is 5.82 Å². The average Bonchev–Trinajstić information content (AvgIpc) is 2.67. The predicted molar refractivity (Wildman–Crippen MR) is 92.9 cm³/mol. The number of nitrogens with one attached hydrogen (secondary N) is 1. The van der Waals surface area contributed by atoms with E-state index >= 15 is 0 Å². The van der Waals surface area contributed by atoms with Gasteiger partial charge in [0.15, 0.2) is 6.61 Å². The number of ether oxygens (including phenoxy) is 3. The molecule has 138 valence electrons. The lowest BCUT2D eigenvalue weighted by Crippen LogP contribution is -2.30. The highest BCUT2D eigenvalue weighted by Crippen LogP contribution is 2.24. The lowest BCUT2D eigenvalue weighted by atomic mass is 10.1. The Kier molecular flexibility index (Phi) is 6.96.